The summed E-state index contributed by atoms with van der Waals surface area (Å²) < 4.78 is 0. The highest BCUT2D eigenvalue weighted by molar-refractivity contribution is 5.64. The fourth-order valence-corrected chi connectivity index (χ4v) is 2.09. The minimum Gasteiger partial charge on any atom is -0.187 e. The molecular weight excluding hydrogens is 232 g/mol. The van der Waals surface area contributed by atoms with Gasteiger partial charge in [0.2, 0.25) is 0 Å². The molecule has 0 aliphatic rings. The van der Waals surface area contributed by atoms with Crippen molar-refractivity contribution >= 4 is 17.4 Å². The Labute approximate surface area is 114 Å². The van der Waals surface area contributed by atoms with Crippen molar-refractivity contribution in [2.24, 2.45) is 9.98 Å². The van der Waals surface area contributed by atoms with Crippen LogP contribution in [0.5, 0.6) is 0 Å². The minimum absolute atomic E-state index is 0.956. The van der Waals surface area contributed by atoms with Crippen molar-refractivity contribution in [1.29, 1.82) is 0 Å². The number of para-hydroxylation sites is 2. The molecule has 0 saturated carbocycles. The third kappa shape index (κ3) is 2.98. The SMILES string of the molecule is Cc1cccc(C)c1N=C=Nc1c(C)cccc1C. The van der Waals surface area contributed by atoms with Crippen LogP contribution in [0.15, 0.2) is 46.4 Å². The molecule has 96 valence electrons. The first-order valence-corrected chi connectivity index (χ1v) is 6.38. The summed E-state index contributed by atoms with van der Waals surface area (Å²) in [6.45, 7) is 8.19. The van der Waals surface area contributed by atoms with Crippen LogP contribution < -0.4 is 0 Å². The van der Waals surface area contributed by atoms with Gasteiger partial charge in [0, 0.05) is 0 Å². The van der Waals surface area contributed by atoms with Gasteiger partial charge in [-0.3, -0.25) is 0 Å². The molecule has 0 heterocycles. The molecule has 0 unspecified atom stereocenters. The first-order valence-electron chi connectivity index (χ1n) is 6.38. The summed E-state index contributed by atoms with van der Waals surface area (Å²) in [4.78, 5) is 8.73. The van der Waals surface area contributed by atoms with Crippen LogP contribution in [-0.4, -0.2) is 6.01 Å². The van der Waals surface area contributed by atoms with Gasteiger partial charge in [-0.2, -0.15) is 9.98 Å². The van der Waals surface area contributed by atoms with Crippen molar-refractivity contribution < 1.29 is 0 Å². The van der Waals surface area contributed by atoms with Gasteiger partial charge in [0.05, 0.1) is 11.4 Å². The molecular formula is C17H18N2. The summed E-state index contributed by atoms with van der Waals surface area (Å²) in [5, 5.41) is 0. The van der Waals surface area contributed by atoms with Crippen LogP contribution in [-0.2, 0) is 0 Å². The van der Waals surface area contributed by atoms with Crippen LogP contribution >= 0.6 is 0 Å². The largest absolute Gasteiger partial charge is 0.187 e. The van der Waals surface area contributed by atoms with Crippen LogP contribution in [0.3, 0.4) is 0 Å². The van der Waals surface area contributed by atoms with Crippen molar-refractivity contribution in [3.63, 3.8) is 0 Å². The van der Waals surface area contributed by atoms with Gasteiger partial charge >= 0.3 is 0 Å². The van der Waals surface area contributed by atoms with E-state index in [4.69, 9.17) is 0 Å². The number of aliphatic imine (C=N–C) groups is 2. The van der Waals surface area contributed by atoms with E-state index < -0.39 is 0 Å². The Kier molecular flexibility index (Phi) is 3.94. The summed E-state index contributed by atoms with van der Waals surface area (Å²) in [6.07, 6.45) is 0. The average molecular weight is 250 g/mol. The minimum atomic E-state index is 0.956. The molecule has 0 bridgehead atoms. The lowest BCUT2D eigenvalue weighted by atomic mass is 10.1. The highest BCUT2D eigenvalue weighted by Crippen LogP contribution is 2.24. The number of rotatable bonds is 2. The van der Waals surface area contributed by atoms with Gasteiger partial charge in [-0.05, 0) is 49.9 Å². The smallest absolute Gasteiger partial charge is 0.101 e. The predicted molar refractivity (Wildman–Crippen MR) is 81.0 cm³/mol. The standard InChI is InChI=1S/C17H18N2/c1-12-7-5-8-13(2)16(12)18-11-19-17-14(3)9-6-10-15(17)4/h5-10H,1-4H3. The highest BCUT2D eigenvalue weighted by atomic mass is 14.8. The van der Waals surface area contributed by atoms with E-state index in [2.05, 4.69) is 16.0 Å². The van der Waals surface area contributed by atoms with Crippen molar-refractivity contribution in [1.82, 2.24) is 0 Å². The summed E-state index contributed by atoms with van der Waals surface area (Å²) in [5.41, 5.74) is 6.48. The van der Waals surface area contributed by atoms with Gasteiger partial charge in [0.25, 0.3) is 0 Å². The molecule has 0 aromatic heterocycles. The van der Waals surface area contributed by atoms with Crippen LogP contribution in [0, 0.1) is 27.7 Å². The van der Waals surface area contributed by atoms with Crippen LogP contribution in [0.4, 0.5) is 11.4 Å². The zero-order valence-corrected chi connectivity index (χ0v) is 11.9. The zero-order valence-electron chi connectivity index (χ0n) is 11.9. The zero-order chi connectivity index (χ0) is 13.8. The van der Waals surface area contributed by atoms with E-state index in [1.807, 2.05) is 64.1 Å². The van der Waals surface area contributed by atoms with E-state index in [-0.39, 0.29) is 0 Å². The lowest BCUT2D eigenvalue weighted by Crippen LogP contribution is -1.80. The molecule has 19 heavy (non-hydrogen) atoms. The number of nitrogens with zero attached hydrogens (tertiary/aromatic N) is 2. The Bertz CT molecular complexity index is 567. The third-order valence-electron chi connectivity index (χ3n) is 3.20. The van der Waals surface area contributed by atoms with Crippen molar-refractivity contribution in [3.8, 4) is 0 Å². The molecule has 0 aliphatic heterocycles. The first kappa shape index (κ1) is 13.3. The Morgan fingerprint density at radius 1 is 0.632 bits per heavy atom. The Morgan fingerprint density at radius 3 is 1.26 bits per heavy atom. The van der Waals surface area contributed by atoms with E-state index >= 15 is 0 Å². The summed E-state index contributed by atoms with van der Waals surface area (Å²) in [7, 11) is 0. The Balaban J connectivity index is 2.40. The molecule has 2 rings (SSSR count). The quantitative estimate of drug-likeness (QED) is 0.666. The molecule has 0 spiro atoms. The van der Waals surface area contributed by atoms with Crippen molar-refractivity contribution in [3.05, 3.63) is 58.7 Å². The maximum absolute atomic E-state index is 4.37. The van der Waals surface area contributed by atoms with E-state index in [1.165, 1.54) is 0 Å². The van der Waals surface area contributed by atoms with Gasteiger partial charge < -0.3 is 0 Å². The molecule has 0 amide bonds. The van der Waals surface area contributed by atoms with E-state index in [9.17, 15) is 0 Å². The molecule has 2 aromatic rings. The molecule has 2 heteroatoms. The Morgan fingerprint density at radius 2 is 0.947 bits per heavy atom. The monoisotopic (exact) mass is 250 g/mol. The number of hydrogen-bond donors (Lipinski definition) is 0. The normalized spacial score (nSPS) is 9.89. The second-order valence-corrected chi connectivity index (χ2v) is 4.80. The van der Waals surface area contributed by atoms with Gasteiger partial charge in [-0.15, -0.1) is 0 Å². The number of hydrogen-bond acceptors (Lipinski definition) is 2. The second-order valence-electron chi connectivity index (χ2n) is 4.80. The average Bonchev–Trinajstić information content (AvgIpc) is 2.36. The summed E-state index contributed by atoms with van der Waals surface area (Å²) >= 11 is 0. The molecule has 0 radical (unpaired) electrons. The van der Waals surface area contributed by atoms with E-state index in [0.29, 0.717) is 0 Å². The van der Waals surface area contributed by atoms with Crippen LogP contribution in [0.1, 0.15) is 22.3 Å². The number of aryl methyl sites for hydroxylation is 4. The van der Waals surface area contributed by atoms with E-state index in [1.54, 1.807) is 0 Å². The Hall–Kier alpha value is -2.18. The molecule has 0 fully saturated rings. The van der Waals surface area contributed by atoms with Gasteiger partial charge in [-0.25, -0.2) is 0 Å². The lowest BCUT2D eigenvalue weighted by Gasteiger charge is -2.02. The molecule has 0 atom stereocenters. The molecule has 0 aliphatic carbocycles. The molecule has 2 nitrogen and oxygen atoms in total. The summed E-state index contributed by atoms with van der Waals surface area (Å²) in [5.74, 6) is 0. The first-order chi connectivity index (χ1) is 9.09. The maximum atomic E-state index is 4.37. The van der Waals surface area contributed by atoms with Gasteiger partial charge in [0.1, 0.15) is 6.01 Å². The third-order valence-corrected chi connectivity index (χ3v) is 3.20. The predicted octanol–water partition coefficient (Wildman–Crippen LogP) is 5.06. The van der Waals surface area contributed by atoms with E-state index in [0.717, 1.165) is 33.6 Å². The maximum Gasteiger partial charge on any atom is 0.101 e. The molecule has 0 N–H and O–H groups in total. The second kappa shape index (κ2) is 5.64. The number of benzene rings is 2. The van der Waals surface area contributed by atoms with Crippen molar-refractivity contribution in [2.75, 3.05) is 0 Å². The highest BCUT2D eigenvalue weighted by Gasteiger charge is 2.00. The fourth-order valence-electron chi connectivity index (χ4n) is 2.09. The van der Waals surface area contributed by atoms with Gasteiger partial charge in [0.15, 0.2) is 0 Å². The summed E-state index contributed by atoms with van der Waals surface area (Å²) in [6, 6.07) is 15.1. The molecule has 2 aromatic carbocycles. The topological polar surface area (TPSA) is 24.7 Å². The fraction of sp³-hybridized carbons (Fsp3) is 0.235. The van der Waals surface area contributed by atoms with Crippen LogP contribution in [0.2, 0.25) is 0 Å². The van der Waals surface area contributed by atoms with Gasteiger partial charge in [-0.1, -0.05) is 36.4 Å². The molecule has 0 saturated heterocycles. The van der Waals surface area contributed by atoms with Crippen molar-refractivity contribution in [2.45, 2.75) is 27.7 Å². The van der Waals surface area contributed by atoms with Crippen LogP contribution in [0.25, 0.3) is 0 Å². The lowest BCUT2D eigenvalue weighted by molar-refractivity contribution is 1.31.